The molecule has 3 aromatic carbocycles. The van der Waals surface area contributed by atoms with Crippen molar-refractivity contribution in [1.82, 2.24) is 4.90 Å². The number of halogens is 1. The molecule has 3 aromatic rings. The minimum Gasteiger partial charge on any atom is -0.368 e. The highest BCUT2D eigenvalue weighted by Gasteiger charge is 2.24. The van der Waals surface area contributed by atoms with Gasteiger partial charge in [-0.05, 0) is 48.0 Å². The molecule has 1 N–H and O–H groups in total. The number of rotatable bonds is 5. The molecule has 0 saturated carbocycles. The first kappa shape index (κ1) is 21.3. The van der Waals surface area contributed by atoms with Crippen LogP contribution in [0.4, 0.5) is 15.8 Å². The molecule has 4 rings (SSSR count). The Kier molecular flexibility index (Phi) is 6.60. The second-order valence-corrected chi connectivity index (χ2v) is 7.54. The average Bonchev–Trinajstić information content (AvgIpc) is 2.84. The van der Waals surface area contributed by atoms with Gasteiger partial charge in [0.1, 0.15) is 5.82 Å². The molecule has 1 aliphatic rings. The van der Waals surface area contributed by atoms with E-state index in [-0.39, 0.29) is 17.4 Å². The van der Waals surface area contributed by atoms with Crippen molar-refractivity contribution in [2.24, 2.45) is 0 Å². The van der Waals surface area contributed by atoms with E-state index >= 15 is 0 Å². The van der Waals surface area contributed by atoms with E-state index in [0.717, 1.165) is 11.3 Å². The first-order valence-electron chi connectivity index (χ1n) is 10.5. The summed E-state index contributed by atoms with van der Waals surface area (Å²) in [7, 11) is 0. The topological polar surface area (TPSA) is 52.7 Å². The number of carbonyl (C=O) groups is 2. The maximum absolute atomic E-state index is 13.9. The van der Waals surface area contributed by atoms with Gasteiger partial charge < -0.3 is 15.1 Å². The molecule has 0 unspecified atom stereocenters. The standard InChI is InChI=1S/C26H24FN3O2/c27-24-9-5-4-8-23(24)26(32)30-18-16-29(17-19-30)22-13-11-21(12-14-22)28-25(31)15-10-20-6-2-1-3-7-20/h1-15H,16-19H2,(H,28,31)/b15-10+. The highest BCUT2D eigenvalue weighted by molar-refractivity contribution is 6.02. The smallest absolute Gasteiger partial charge is 0.256 e. The van der Waals surface area contributed by atoms with Gasteiger partial charge in [-0.2, -0.15) is 0 Å². The van der Waals surface area contributed by atoms with Gasteiger partial charge in [-0.3, -0.25) is 9.59 Å². The normalized spacial score (nSPS) is 13.9. The van der Waals surface area contributed by atoms with E-state index in [1.165, 1.54) is 18.2 Å². The number of piperazine rings is 1. The van der Waals surface area contributed by atoms with Crippen LogP contribution >= 0.6 is 0 Å². The lowest BCUT2D eigenvalue weighted by atomic mass is 10.1. The molecule has 0 aliphatic carbocycles. The largest absolute Gasteiger partial charge is 0.368 e. The van der Waals surface area contributed by atoms with Crippen LogP contribution in [-0.2, 0) is 4.79 Å². The zero-order valence-corrected chi connectivity index (χ0v) is 17.6. The van der Waals surface area contributed by atoms with E-state index in [1.54, 1.807) is 23.1 Å². The van der Waals surface area contributed by atoms with Crippen molar-refractivity contribution in [1.29, 1.82) is 0 Å². The van der Waals surface area contributed by atoms with Gasteiger partial charge in [0.25, 0.3) is 5.91 Å². The van der Waals surface area contributed by atoms with E-state index < -0.39 is 5.82 Å². The average molecular weight is 429 g/mol. The number of amides is 2. The summed E-state index contributed by atoms with van der Waals surface area (Å²) in [5.41, 5.74) is 2.80. The van der Waals surface area contributed by atoms with E-state index in [1.807, 2.05) is 54.6 Å². The van der Waals surface area contributed by atoms with E-state index in [0.29, 0.717) is 31.9 Å². The van der Waals surface area contributed by atoms with Crippen LogP contribution in [0, 0.1) is 5.82 Å². The molecule has 0 spiro atoms. The number of anilines is 2. The fourth-order valence-electron chi connectivity index (χ4n) is 3.65. The zero-order chi connectivity index (χ0) is 22.3. The summed E-state index contributed by atoms with van der Waals surface area (Å²) in [6.07, 6.45) is 3.28. The Balaban J connectivity index is 1.30. The summed E-state index contributed by atoms with van der Waals surface area (Å²) in [6.45, 7) is 2.36. The summed E-state index contributed by atoms with van der Waals surface area (Å²) >= 11 is 0. The van der Waals surface area contributed by atoms with Gasteiger partial charge >= 0.3 is 0 Å². The van der Waals surface area contributed by atoms with Crippen LogP contribution in [0.1, 0.15) is 15.9 Å². The van der Waals surface area contributed by atoms with Crippen LogP contribution in [0.15, 0.2) is 84.9 Å². The van der Waals surface area contributed by atoms with Crippen molar-refractivity contribution in [3.05, 3.63) is 102 Å². The number of nitrogens with zero attached hydrogens (tertiary/aromatic N) is 2. The fraction of sp³-hybridized carbons (Fsp3) is 0.154. The third-order valence-electron chi connectivity index (χ3n) is 5.40. The van der Waals surface area contributed by atoms with Gasteiger partial charge in [0.05, 0.1) is 5.56 Å². The Morgan fingerprint density at radius 1 is 0.812 bits per heavy atom. The third kappa shape index (κ3) is 5.21. The second-order valence-electron chi connectivity index (χ2n) is 7.54. The molecule has 1 fully saturated rings. The van der Waals surface area contributed by atoms with Gasteiger partial charge in [0.15, 0.2) is 0 Å². The van der Waals surface area contributed by atoms with Crippen molar-refractivity contribution in [2.45, 2.75) is 0 Å². The predicted octanol–water partition coefficient (Wildman–Crippen LogP) is 4.44. The number of benzene rings is 3. The maximum atomic E-state index is 13.9. The summed E-state index contributed by atoms with van der Waals surface area (Å²) in [5.74, 6) is -0.956. The van der Waals surface area contributed by atoms with Gasteiger partial charge in [-0.25, -0.2) is 4.39 Å². The van der Waals surface area contributed by atoms with Crippen molar-refractivity contribution < 1.29 is 14.0 Å². The van der Waals surface area contributed by atoms with E-state index in [2.05, 4.69) is 10.2 Å². The molecule has 2 amide bonds. The maximum Gasteiger partial charge on any atom is 0.256 e. The number of carbonyl (C=O) groups excluding carboxylic acids is 2. The summed E-state index contributed by atoms with van der Waals surface area (Å²) in [6, 6.07) is 23.3. The molecule has 6 heteroatoms. The van der Waals surface area contributed by atoms with Crippen molar-refractivity contribution in [2.75, 3.05) is 36.4 Å². The fourth-order valence-corrected chi connectivity index (χ4v) is 3.65. The summed E-state index contributed by atoms with van der Waals surface area (Å²) in [5, 5.41) is 2.86. The van der Waals surface area contributed by atoms with E-state index in [9.17, 15) is 14.0 Å². The van der Waals surface area contributed by atoms with Crippen LogP contribution in [0.5, 0.6) is 0 Å². The second kappa shape index (κ2) is 9.92. The molecule has 1 aliphatic heterocycles. The van der Waals surface area contributed by atoms with Gasteiger partial charge in [-0.1, -0.05) is 42.5 Å². The van der Waals surface area contributed by atoms with Crippen LogP contribution in [-0.4, -0.2) is 42.9 Å². The first-order chi connectivity index (χ1) is 15.6. The Bertz CT molecular complexity index is 1110. The first-order valence-corrected chi connectivity index (χ1v) is 10.5. The third-order valence-corrected chi connectivity index (χ3v) is 5.40. The number of hydrogen-bond acceptors (Lipinski definition) is 3. The highest BCUT2D eigenvalue weighted by Crippen LogP contribution is 2.21. The van der Waals surface area contributed by atoms with Crippen LogP contribution < -0.4 is 10.2 Å². The molecule has 0 bridgehead atoms. The predicted molar refractivity (Wildman–Crippen MR) is 125 cm³/mol. The minimum absolute atomic E-state index is 0.113. The molecule has 0 atom stereocenters. The van der Waals surface area contributed by atoms with E-state index in [4.69, 9.17) is 0 Å². The number of hydrogen-bond donors (Lipinski definition) is 1. The molecule has 162 valence electrons. The SMILES string of the molecule is O=C(/C=C/c1ccccc1)Nc1ccc(N2CCN(C(=O)c3ccccc3F)CC2)cc1. The lowest BCUT2D eigenvalue weighted by molar-refractivity contribution is -0.111. The minimum atomic E-state index is -0.490. The van der Waals surface area contributed by atoms with Crippen LogP contribution in [0.25, 0.3) is 6.08 Å². The summed E-state index contributed by atoms with van der Waals surface area (Å²) < 4.78 is 13.9. The molecular formula is C26H24FN3O2. The molecule has 1 saturated heterocycles. The molecular weight excluding hydrogens is 405 g/mol. The Morgan fingerprint density at radius 2 is 1.47 bits per heavy atom. The van der Waals surface area contributed by atoms with Gasteiger partial charge in [0.2, 0.25) is 5.91 Å². The van der Waals surface area contributed by atoms with Crippen LogP contribution in [0.3, 0.4) is 0 Å². The zero-order valence-electron chi connectivity index (χ0n) is 17.6. The highest BCUT2D eigenvalue weighted by atomic mass is 19.1. The lowest BCUT2D eigenvalue weighted by Crippen LogP contribution is -2.49. The number of nitrogens with one attached hydrogen (secondary N) is 1. The molecule has 1 heterocycles. The van der Waals surface area contributed by atoms with Gasteiger partial charge in [0, 0.05) is 43.6 Å². The van der Waals surface area contributed by atoms with Crippen molar-refractivity contribution in [3.8, 4) is 0 Å². The monoisotopic (exact) mass is 429 g/mol. The lowest BCUT2D eigenvalue weighted by Gasteiger charge is -2.36. The molecule has 0 radical (unpaired) electrons. The summed E-state index contributed by atoms with van der Waals surface area (Å²) in [4.78, 5) is 28.6. The quantitative estimate of drug-likeness (QED) is 0.610. The Hall–Kier alpha value is -3.93. The van der Waals surface area contributed by atoms with Crippen LogP contribution in [0.2, 0.25) is 0 Å². The Labute approximate surface area is 186 Å². The molecule has 5 nitrogen and oxygen atoms in total. The van der Waals surface area contributed by atoms with Gasteiger partial charge in [-0.15, -0.1) is 0 Å². The molecule has 32 heavy (non-hydrogen) atoms. The van der Waals surface area contributed by atoms with Crippen molar-refractivity contribution >= 4 is 29.3 Å². The van der Waals surface area contributed by atoms with Crippen molar-refractivity contribution in [3.63, 3.8) is 0 Å². The molecule has 0 aromatic heterocycles. The Morgan fingerprint density at radius 3 is 2.16 bits per heavy atom.